The van der Waals surface area contributed by atoms with Crippen molar-refractivity contribution in [3.05, 3.63) is 58.9 Å². The number of rotatable bonds is 2. The summed E-state index contributed by atoms with van der Waals surface area (Å²) in [4.78, 5) is 6.74. The molecule has 1 aliphatic rings. The van der Waals surface area contributed by atoms with E-state index < -0.39 is 0 Å². The van der Waals surface area contributed by atoms with Gasteiger partial charge in [-0.25, -0.2) is 0 Å². The predicted octanol–water partition coefficient (Wildman–Crippen LogP) is 3.56. The summed E-state index contributed by atoms with van der Waals surface area (Å²) in [5.41, 5.74) is 4.96. The van der Waals surface area contributed by atoms with Gasteiger partial charge in [0.1, 0.15) is 6.07 Å². The monoisotopic (exact) mass is 277 g/mol. The van der Waals surface area contributed by atoms with Crippen LogP contribution in [-0.2, 0) is 0 Å². The summed E-state index contributed by atoms with van der Waals surface area (Å²) < 4.78 is 0. The molecule has 1 atom stereocenters. The van der Waals surface area contributed by atoms with Crippen LogP contribution in [0.1, 0.15) is 34.9 Å². The van der Waals surface area contributed by atoms with Crippen LogP contribution in [0.15, 0.2) is 36.4 Å². The van der Waals surface area contributed by atoms with Crippen molar-refractivity contribution < 1.29 is 0 Å². The number of hydrogen-bond acceptors (Lipinski definition) is 3. The molecule has 0 radical (unpaired) electrons. The van der Waals surface area contributed by atoms with Gasteiger partial charge in [0.25, 0.3) is 0 Å². The van der Waals surface area contributed by atoms with Gasteiger partial charge in [0, 0.05) is 24.7 Å². The lowest BCUT2D eigenvalue weighted by Gasteiger charge is -2.21. The molecule has 2 heterocycles. The van der Waals surface area contributed by atoms with Crippen LogP contribution in [0, 0.1) is 25.2 Å². The molecule has 1 aromatic carbocycles. The maximum atomic E-state index is 9.42. The highest BCUT2D eigenvalue weighted by atomic mass is 15.2. The second-order valence-corrected chi connectivity index (χ2v) is 5.70. The molecule has 3 rings (SSSR count). The molecule has 1 saturated heterocycles. The number of nitriles is 1. The van der Waals surface area contributed by atoms with E-state index in [1.807, 2.05) is 19.9 Å². The minimum atomic E-state index is 0.548. The average Bonchev–Trinajstić information content (AvgIpc) is 2.97. The lowest BCUT2D eigenvalue weighted by molar-refractivity contribution is 0.775. The average molecular weight is 277 g/mol. The molecule has 0 saturated carbocycles. The van der Waals surface area contributed by atoms with Gasteiger partial charge in [-0.2, -0.15) is 5.26 Å². The molecule has 1 aliphatic heterocycles. The number of aromatic nitrogens is 1. The van der Waals surface area contributed by atoms with E-state index in [9.17, 15) is 5.26 Å². The van der Waals surface area contributed by atoms with E-state index in [0.717, 1.165) is 36.6 Å². The van der Waals surface area contributed by atoms with Crippen LogP contribution in [-0.4, -0.2) is 18.1 Å². The number of anilines is 1. The second kappa shape index (κ2) is 5.57. The standard InChI is InChI=1S/C18H19N3/c1-13-10-18(17(11-19)14(2)20-13)21-9-8-16(12-21)15-6-4-3-5-7-15/h3-7,10,16H,8-9,12H2,1-2H3. The summed E-state index contributed by atoms with van der Waals surface area (Å²) in [6, 6.07) is 15.0. The summed E-state index contributed by atoms with van der Waals surface area (Å²) in [7, 11) is 0. The Morgan fingerprint density at radius 2 is 2.00 bits per heavy atom. The van der Waals surface area contributed by atoms with E-state index in [0.29, 0.717) is 11.5 Å². The Balaban J connectivity index is 1.89. The number of nitrogens with zero attached hydrogens (tertiary/aromatic N) is 3. The molecule has 3 nitrogen and oxygen atoms in total. The summed E-state index contributed by atoms with van der Waals surface area (Å²) in [5.74, 6) is 0.548. The Morgan fingerprint density at radius 3 is 2.71 bits per heavy atom. The first kappa shape index (κ1) is 13.6. The third-order valence-electron chi connectivity index (χ3n) is 4.22. The fourth-order valence-electron chi connectivity index (χ4n) is 3.17. The lowest BCUT2D eigenvalue weighted by Crippen LogP contribution is -2.21. The van der Waals surface area contributed by atoms with Crippen LogP contribution in [0.25, 0.3) is 0 Å². The number of pyridine rings is 1. The van der Waals surface area contributed by atoms with E-state index in [1.165, 1.54) is 5.56 Å². The Morgan fingerprint density at radius 1 is 1.24 bits per heavy atom. The fraction of sp³-hybridized carbons (Fsp3) is 0.333. The van der Waals surface area contributed by atoms with E-state index in [2.05, 4.69) is 46.3 Å². The molecule has 2 aromatic rings. The van der Waals surface area contributed by atoms with Crippen molar-refractivity contribution in [3.63, 3.8) is 0 Å². The number of benzene rings is 1. The Bertz CT molecular complexity index is 686. The van der Waals surface area contributed by atoms with Crippen LogP contribution in [0.2, 0.25) is 0 Å². The molecule has 106 valence electrons. The van der Waals surface area contributed by atoms with Crippen LogP contribution in [0.3, 0.4) is 0 Å². The van der Waals surface area contributed by atoms with Gasteiger partial charge in [0.15, 0.2) is 0 Å². The molecule has 1 unspecified atom stereocenters. The first-order chi connectivity index (χ1) is 10.2. The molecular weight excluding hydrogens is 258 g/mol. The van der Waals surface area contributed by atoms with Crippen molar-refractivity contribution in [1.82, 2.24) is 4.98 Å². The Labute approximate surface area is 125 Å². The normalized spacial score (nSPS) is 17.8. The highest BCUT2D eigenvalue weighted by Crippen LogP contribution is 2.33. The van der Waals surface area contributed by atoms with Crippen molar-refractivity contribution in [3.8, 4) is 6.07 Å². The Hall–Kier alpha value is -2.34. The topological polar surface area (TPSA) is 39.9 Å². The van der Waals surface area contributed by atoms with Gasteiger partial charge in [-0.3, -0.25) is 4.98 Å². The SMILES string of the molecule is Cc1cc(N2CCC(c3ccccc3)C2)c(C#N)c(C)n1. The van der Waals surface area contributed by atoms with Gasteiger partial charge >= 0.3 is 0 Å². The summed E-state index contributed by atoms with van der Waals surface area (Å²) in [5, 5.41) is 9.42. The largest absolute Gasteiger partial charge is 0.370 e. The van der Waals surface area contributed by atoms with Crippen LogP contribution in [0.5, 0.6) is 0 Å². The van der Waals surface area contributed by atoms with Gasteiger partial charge < -0.3 is 4.90 Å². The molecule has 0 amide bonds. The second-order valence-electron chi connectivity index (χ2n) is 5.70. The maximum absolute atomic E-state index is 9.42. The van der Waals surface area contributed by atoms with Gasteiger partial charge in [-0.15, -0.1) is 0 Å². The van der Waals surface area contributed by atoms with Crippen molar-refractivity contribution in [2.45, 2.75) is 26.2 Å². The van der Waals surface area contributed by atoms with Crippen LogP contribution >= 0.6 is 0 Å². The number of hydrogen-bond donors (Lipinski definition) is 0. The van der Waals surface area contributed by atoms with Crippen LogP contribution < -0.4 is 4.90 Å². The van der Waals surface area contributed by atoms with Gasteiger partial charge in [0.05, 0.1) is 16.9 Å². The quantitative estimate of drug-likeness (QED) is 0.842. The minimum Gasteiger partial charge on any atom is -0.370 e. The molecule has 1 aromatic heterocycles. The lowest BCUT2D eigenvalue weighted by atomic mass is 9.99. The van der Waals surface area contributed by atoms with Gasteiger partial charge in [-0.05, 0) is 31.9 Å². The zero-order chi connectivity index (χ0) is 14.8. The Kier molecular flexibility index (Phi) is 3.62. The molecule has 0 bridgehead atoms. The number of aryl methyl sites for hydroxylation is 2. The minimum absolute atomic E-state index is 0.548. The predicted molar refractivity (Wildman–Crippen MR) is 84.4 cm³/mol. The third kappa shape index (κ3) is 2.62. The van der Waals surface area contributed by atoms with E-state index >= 15 is 0 Å². The highest BCUT2D eigenvalue weighted by molar-refractivity contribution is 5.62. The third-order valence-corrected chi connectivity index (χ3v) is 4.22. The van der Waals surface area contributed by atoms with E-state index in [1.54, 1.807) is 0 Å². The molecule has 21 heavy (non-hydrogen) atoms. The first-order valence-corrected chi connectivity index (χ1v) is 7.37. The smallest absolute Gasteiger partial charge is 0.103 e. The van der Waals surface area contributed by atoms with Crippen molar-refractivity contribution in [2.24, 2.45) is 0 Å². The zero-order valence-electron chi connectivity index (χ0n) is 12.5. The van der Waals surface area contributed by atoms with Crippen molar-refractivity contribution in [2.75, 3.05) is 18.0 Å². The molecule has 3 heteroatoms. The van der Waals surface area contributed by atoms with Gasteiger partial charge in [-0.1, -0.05) is 30.3 Å². The molecular formula is C18H19N3. The summed E-state index contributed by atoms with van der Waals surface area (Å²) >= 11 is 0. The summed E-state index contributed by atoms with van der Waals surface area (Å²) in [6.45, 7) is 5.88. The van der Waals surface area contributed by atoms with E-state index in [4.69, 9.17) is 0 Å². The summed E-state index contributed by atoms with van der Waals surface area (Å²) in [6.07, 6.45) is 1.13. The van der Waals surface area contributed by atoms with Crippen molar-refractivity contribution in [1.29, 1.82) is 5.26 Å². The molecule has 1 fully saturated rings. The molecule has 0 aliphatic carbocycles. The van der Waals surface area contributed by atoms with Crippen molar-refractivity contribution >= 4 is 5.69 Å². The zero-order valence-corrected chi connectivity index (χ0v) is 12.5. The molecule has 0 spiro atoms. The highest BCUT2D eigenvalue weighted by Gasteiger charge is 2.26. The fourth-order valence-corrected chi connectivity index (χ4v) is 3.17. The van der Waals surface area contributed by atoms with Gasteiger partial charge in [0.2, 0.25) is 0 Å². The maximum Gasteiger partial charge on any atom is 0.103 e. The van der Waals surface area contributed by atoms with E-state index in [-0.39, 0.29) is 0 Å². The van der Waals surface area contributed by atoms with Crippen LogP contribution in [0.4, 0.5) is 5.69 Å². The molecule has 0 N–H and O–H groups in total. The first-order valence-electron chi connectivity index (χ1n) is 7.37.